The van der Waals surface area contributed by atoms with Gasteiger partial charge in [-0.05, 0) is 118 Å². The summed E-state index contributed by atoms with van der Waals surface area (Å²) in [6.45, 7) is 0. The van der Waals surface area contributed by atoms with Gasteiger partial charge in [-0.1, -0.05) is 152 Å². The first-order valence-corrected chi connectivity index (χ1v) is 20.9. The molecule has 0 bridgehead atoms. The van der Waals surface area contributed by atoms with E-state index in [2.05, 4.69) is 251 Å². The summed E-state index contributed by atoms with van der Waals surface area (Å²) in [6, 6.07) is 85.9. The Morgan fingerprint density at radius 1 is 0.246 bits per heavy atom. The van der Waals surface area contributed by atoms with Crippen LogP contribution in [-0.2, 0) is 0 Å². The summed E-state index contributed by atoms with van der Waals surface area (Å²) in [5.74, 6) is 0. The summed E-state index contributed by atoms with van der Waals surface area (Å²) in [4.78, 5) is 2.37. The summed E-state index contributed by atoms with van der Waals surface area (Å²) in [5, 5.41) is 7.53. The van der Waals surface area contributed by atoms with Crippen molar-refractivity contribution < 1.29 is 0 Å². The largest absolute Gasteiger partial charge is 0.310 e. The van der Waals surface area contributed by atoms with Crippen molar-refractivity contribution >= 4 is 71.4 Å². The van der Waals surface area contributed by atoms with E-state index in [-0.39, 0.29) is 0 Å². The average Bonchev–Trinajstić information content (AvgIpc) is 3.85. The van der Waals surface area contributed by atoms with Crippen LogP contribution in [-0.4, -0.2) is 9.13 Å². The number of aromatic nitrogens is 2. The fourth-order valence-electron chi connectivity index (χ4n) is 9.40. The van der Waals surface area contributed by atoms with Gasteiger partial charge < -0.3 is 14.0 Å². The molecule has 0 aliphatic rings. The van der Waals surface area contributed by atoms with Crippen molar-refractivity contribution in [1.29, 1.82) is 0 Å². The lowest BCUT2D eigenvalue weighted by Crippen LogP contribution is -2.10. The van der Waals surface area contributed by atoms with Crippen LogP contribution in [0.5, 0.6) is 0 Å². The minimum absolute atomic E-state index is 1.08. The molecule has 0 saturated carbocycles. The number of rotatable bonds is 7. The highest BCUT2D eigenvalue weighted by atomic mass is 15.1. The highest BCUT2D eigenvalue weighted by Gasteiger charge is 2.18. The number of hydrogen-bond donors (Lipinski definition) is 0. The van der Waals surface area contributed by atoms with Crippen LogP contribution < -0.4 is 4.90 Å². The normalized spacial score (nSPS) is 11.6. The minimum Gasteiger partial charge on any atom is -0.310 e. The molecule has 10 aromatic carbocycles. The molecule has 0 N–H and O–H groups in total. The molecule has 0 atom stereocenters. The second-order valence-electron chi connectivity index (χ2n) is 15.8. The molecule has 12 rings (SSSR count). The van der Waals surface area contributed by atoms with Crippen molar-refractivity contribution in [1.82, 2.24) is 9.13 Å². The number of nitrogens with zero attached hydrogens (tertiary/aromatic N) is 3. The van der Waals surface area contributed by atoms with Crippen LogP contribution in [0.25, 0.3) is 88.0 Å². The third-order valence-corrected chi connectivity index (χ3v) is 12.3. The maximum absolute atomic E-state index is 2.39. The van der Waals surface area contributed by atoms with Crippen LogP contribution in [0.1, 0.15) is 0 Å². The van der Waals surface area contributed by atoms with Crippen LogP contribution in [0.15, 0.2) is 237 Å². The Kier molecular flexibility index (Phi) is 8.17. The summed E-state index contributed by atoms with van der Waals surface area (Å²) in [5.41, 5.74) is 15.1. The molecule has 3 heteroatoms. The van der Waals surface area contributed by atoms with Gasteiger partial charge in [-0.15, -0.1) is 0 Å². The number of fused-ring (bicyclic) bond motifs is 7. The zero-order valence-corrected chi connectivity index (χ0v) is 33.4. The van der Waals surface area contributed by atoms with Gasteiger partial charge in [0.05, 0.1) is 22.1 Å². The van der Waals surface area contributed by atoms with Gasteiger partial charge in [0.1, 0.15) is 0 Å². The van der Waals surface area contributed by atoms with Crippen molar-refractivity contribution in [2.24, 2.45) is 0 Å². The first kappa shape index (κ1) is 34.9. The third-order valence-electron chi connectivity index (χ3n) is 12.3. The summed E-state index contributed by atoms with van der Waals surface area (Å²) in [7, 11) is 0. The Morgan fingerprint density at radius 2 is 0.656 bits per heavy atom. The Bertz CT molecular complexity index is 3470. The number of para-hydroxylation sites is 4. The lowest BCUT2D eigenvalue weighted by Gasteiger charge is -2.27. The van der Waals surface area contributed by atoms with E-state index in [4.69, 9.17) is 0 Å². The van der Waals surface area contributed by atoms with Crippen LogP contribution in [0, 0.1) is 0 Å². The Labute approximate surface area is 354 Å². The maximum Gasteiger partial charge on any atom is 0.0541 e. The highest BCUT2D eigenvalue weighted by molar-refractivity contribution is 6.10. The summed E-state index contributed by atoms with van der Waals surface area (Å²) < 4.78 is 4.77. The van der Waals surface area contributed by atoms with Crippen LogP contribution in [0.4, 0.5) is 17.1 Å². The van der Waals surface area contributed by atoms with E-state index in [0.717, 1.165) is 28.4 Å². The van der Waals surface area contributed by atoms with Gasteiger partial charge in [-0.2, -0.15) is 0 Å². The van der Waals surface area contributed by atoms with E-state index in [0.29, 0.717) is 0 Å². The first-order chi connectivity index (χ1) is 30.2. The van der Waals surface area contributed by atoms with Crippen LogP contribution in [0.2, 0.25) is 0 Å². The third kappa shape index (κ3) is 5.90. The van der Waals surface area contributed by atoms with E-state index in [1.807, 2.05) is 0 Å². The second kappa shape index (κ2) is 14.3. The standard InChI is InChI=1S/C58H39N3/c1-2-13-44-38-45(29-28-40(44)12-1)43-26-24-41(25-27-43)42-30-32-46(33-31-42)59(47-34-36-48(37-35-47)60-55-20-7-3-16-51(55)52-17-4-8-21-56(52)60)49-14-11-15-50(39-49)61-57-22-9-5-18-53(57)54-19-6-10-23-58(54)61/h1-39H. The summed E-state index contributed by atoms with van der Waals surface area (Å²) >= 11 is 0. The molecule has 0 amide bonds. The lowest BCUT2D eigenvalue weighted by molar-refractivity contribution is 1.16. The zero-order valence-electron chi connectivity index (χ0n) is 33.4. The molecule has 3 nitrogen and oxygen atoms in total. The van der Waals surface area contributed by atoms with Gasteiger partial charge >= 0.3 is 0 Å². The summed E-state index contributed by atoms with van der Waals surface area (Å²) in [6.07, 6.45) is 0. The quantitative estimate of drug-likeness (QED) is 0.157. The van der Waals surface area contributed by atoms with Gasteiger partial charge in [0.15, 0.2) is 0 Å². The topological polar surface area (TPSA) is 13.1 Å². The molecular formula is C58H39N3. The second-order valence-corrected chi connectivity index (χ2v) is 15.8. The Hall–Kier alpha value is -8.14. The monoisotopic (exact) mass is 777 g/mol. The fraction of sp³-hybridized carbons (Fsp3) is 0. The average molecular weight is 778 g/mol. The Balaban J connectivity index is 0.953. The number of anilines is 3. The predicted octanol–water partition coefficient (Wildman–Crippen LogP) is 15.8. The van der Waals surface area contributed by atoms with Crippen molar-refractivity contribution in [2.75, 3.05) is 4.90 Å². The molecule has 286 valence electrons. The molecule has 61 heavy (non-hydrogen) atoms. The van der Waals surface area contributed by atoms with E-state index in [1.54, 1.807) is 0 Å². The molecule has 12 aromatic rings. The number of benzene rings is 10. The van der Waals surface area contributed by atoms with Crippen molar-refractivity contribution in [3.05, 3.63) is 237 Å². The predicted molar refractivity (Wildman–Crippen MR) is 258 cm³/mol. The Morgan fingerprint density at radius 3 is 1.20 bits per heavy atom. The van der Waals surface area contributed by atoms with Gasteiger partial charge in [-0.3, -0.25) is 0 Å². The van der Waals surface area contributed by atoms with Gasteiger partial charge in [0.2, 0.25) is 0 Å². The molecule has 0 unspecified atom stereocenters. The van der Waals surface area contributed by atoms with Crippen LogP contribution >= 0.6 is 0 Å². The van der Waals surface area contributed by atoms with E-state index in [9.17, 15) is 0 Å². The van der Waals surface area contributed by atoms with Crippen molar-refractivity contribution in [3.63, 3.8) is 0 Å². The maximum atomic E-state index is 2.39. The molecule has 0 fully saturated rings. The van der Waals surface area contributed by atoms with E-state index < -0.39 is 0 Å². The molecule has 2 heterocycles. The highest BCUT2D eigenvalue weighted by Crippen LogP contribution is 2.40. The van der Waals surface area contributed by atoms with E-state index >= 15 is 0 Å². The minimum atomic E-state index is 1.08. The molecule has 0 aliphatic heterocycles. The smallest absolute Gasteiger partial charge is 0.0541 e. The van der Waals surface area contributed by atoms with Crippen molar-refractivity contribution in [3.8, 4) is 33.6 Å². The van der Waals surface area contributed by atoms with Gasteiger partial charge in [-0.25, -0.2) is 0 Å². The van der Waals surface area contributed by atoms with E-state index in [1.165, 1.54) is 76.6 Å². The molecule has 0 saturated heterocycles. The molecule has 0 radical (unpaired) electrons. The molecule has 0 spiro atoms. The van der Waals surface area contributed by atoms with Gasteiger partial charge in [0.25, 0.3) is 0 Å². The van der Waals surface area contributed by atoms with Crippen LogP contribution in [0.3, 0.4) is 0 Å². The molecular weight excluding hydrogens is 739 g/mol. The molecule has 0 aliphatic carbocycles. The van der Waals surface area contributed by atoms with Gasteiger partial charge in [0, 0.05) is 50.0 Å². The zero-order chi connectivity index (χ0) is 40.3. The van der Waals surface area contributed by atoms with Crippen molar-refractivity contribution in [2.45, 2.75) is 0 Å². The fourth-order valence-corrected chi connectivity index (χ4v) is 9.40. The lowest BCUT2D eigenvalue weighted by atomic mass is 9.98. The molecule has 2 aromatic heterocycles. The number of hydrogen-bond acceptors (Lipinski definition) is 1. The SMILES string of the molecule is c1cc(N(c2ccc(-c3ccc(-c4ccc5ccccc5c4)cc3)cc2)c2ccc(-n3c4ccccc4c4ccccc43)cc2)cc(-n2c3ccccc3c3ccccc32)c1. The first-order valence-electron chi connectivity index (χ1n) is 20.9.